The zero-order valence-electron chi connectivity index (χ0n) is 11.4. The van der Waals surface area contributed by atoms with E-state index in [2.05, 4.69) is 19.1 Å². The smallest absolute Gasteiger partial charge is 0.239 e. The Hall–Kier alpha value is -1.35. The molecule has 0 unspecified atom stereocenters. The summed E-state index contributed by atoms with van der Waals surface area (Å²) in [5.74, 6) is 0.0550. The van der Waals surface area contributed by atoms with Gasteiger partial charge in [0.2, 0.25) is 5.91 Å². The van der Waals surface area contributed by atoms with Crippen molar-refractivity contribution in [1.82, 2.24) is 4.90 Å². The highest BCUT2D eigenvalue weighted by Crippen LogP contribution is 2.06. The van der Waals surface area contributed by atoms with Gasteiger partial charge in [0.15, 0.2) is 0 Å². The molecule has 1 rings (SSSR count). The van der Waals surface area contributed by atoms with Crippen molar-refractivity contribution in [3.8, 4) is 0 Å². The van der Waals surface area contributed by atoms with Crippen LogP contribution in [0, 0.1) is 0 Å². The van der Waals surface area contributed by atoms with E-state index >= 15 is 0 Å². The molecule has 1 aromatic rings. The Morgan fingerprint density at radius 2 is 2.00 bits per heavy atom. The molecular weight excluding hydrogens is 224 g/mol. The van der Waals surface area contributed by atoms with Crippen LogP contribution < -0.4 is 5.73 Å². The van der Waals surface area contributed by atoms with Crippen LogP contribution in [-0.2, 0) is 11.2 Å². The number of nitrogens with zero attached hydrogens (tertiary/aromatic N) is 1. The number of carbonyl (C=O) groups excluding carboxylic acids is 1. The Kier molecular flexibility index (Phi) is 6.44. The lowest BCUT2D eigenvalue weighted by Gasteiger charge is -2.21. The highest BCUT2D eigenvalue weighted by molar-refractivity contribution is 5.81. The Morgan fingerprint density at radius 3 is 2.61 bits per heavy atom. The van der Waals surface area contributed by atoms with Gasteiger partial charge in [0.1, 0.15) is 0 Å². The largest absolute Gasteiger partial charge is 0.344 e. The molecule has 0 fully saturated rings. The van der Waals surface area contributed by atoms with Gasteiger partial charge < -0.3 is 10.6 Å². The van der Waals surface area contributed by atoms with Crippen molar-refractivity contribution in [3.05, 3.63) is 35.9 Å². The van der Waals surface area contributed by atoms with E-state index in [-0.39, 0.29) is 11.9 Å². The standard InChI is InChI=1S/C15H24N2O/c1-3-4-12-17(2)15(18)14(16)11-10-13-8-6-5-7-9-13/h5-9,14H,3-4,10-12,16H2,1-2H3/t14-/m0/s1. The van der Waals surface area contributed by atoms with Gasteiger partial charge in [-0.25, -0.2) is 0 Å². The first-order chi connectivity index (χ1) is 8.65. The highest BCUT2D eigenvalue weighted by atomic mass is 16.2. The molecule has 1 atom stereocenters. The Morgan fingerprint density at radius 1 is 1.33 bits per heavy atom. The summed E-state index contributed by atoms with van der Waals surface area (Å²) >= 11 is 0. The third-order valence-electron chi connectivity index (χ3n) is 3.13. The highest BCUT2D eigenvalue weighted by Gasteiger charge is 2.17. The number of benzene rings is 1. The summed E-state index contributed by atoms with van der Waals surface area (Å²) in [6, 6.07) is 9.77. The van der Waals surface area contributed by atoms with Crippen LogP contribution in [-0.4, -0.2) is 30.4 Å². The topological polar surface area (TPSA) is 46.3 Å². The maximum Gasteiger partial charge on any atom is 0.239 e. The van der Waals surface area contributed by atoms with Crippen molar-refractivity contribution < 1.29 is 4.79 Å². The Labute approximate surface area is 110 Å². The van der Waals surface area contributed by atoms with Crippen LogP contribution in [0.1, 0.15) is 31.7 Å². The van der Waals surface area contributed by atoms with Crippen LogP contribution in [0.15, 0.2) is 30.3 Å². The van der Waals surface area contributed by atoms with E-state index in [0.717, 1.165) is 25.8 Å². The third kappa shape index (κ3) is 4.88. The number of carbonyl (C=O) groups is 1. The molecule has 0 aliphatic carbocycles. The van der Waals surface area contributed by atoms with Crippen LogP contribution in [0.4, 0.5) is 0 Å². The number of likely N-dealkylation sites (N-methyl/N-ethyl adjacent to an activating group) is 1. The van der Waals surface area contributed by atoms with Crippen molar-refractivity contribution in [1.29, 1.82) is 0 Å². The summed E-state index contributed by atoms with van der Waals surface area (Å²) in [4.78, 5) is 13.7. The quantitative estimate of drug-likeness (QED) is 0.804. The van der Waals surface area contributed by atoms with Gasteiger partial charge in [-0.15, -0.1) is 0 Å². The predicted octanol–water partition coefficient (Wildman–Crippen LogP) is 2.21. The first-order valence-electron chi connectivity index (χ1n) is 6.69. The molecular formula is C15H24N2O. The second-order valence-electron chi connectivity index (χ2n) is 4.74. The van der Waals surface area contributed by atoms with Crippen molar-refractivity contribution in [2.45, 2.75) is 38.6 Å². The fourth-order valence-electron chi connectivity index (χ4n) is 1.88. The first kappa shape index (κ1) is 14.7. The van der Waals surface area contributed by atoms with Gasteiger partial charge in [0.25, 0.3) is 0 Å². The lowest BCUT2D eigenvalue weighted by molar-refractivity contribution is -0.131. The number of unbranched alkanes of at least 4 members (excludes halogenated alkanes) is 1. The van der Waals surface area contributed by atoms with Gasteiger partial charge in [0.05, 0.1) is 6.04 Å². The summed E-state index contributed by atoms with van der Waals surface area (Å²) in [6.45, 7) is 2.92. The average Bonchev–Trinajstić information content (AvgIpc) is 2.42. The summed E-state index contributed by atoms with van der Waals surface area (Å²) < 4.78 is 0. The molecule has 0 saturated heterocycles. The molecule has 3 heteroatoms. The van der Waals surface area contributed by atoms with Crippen LogP contribution in [0.3, 0.4) is 0 Å². The zero-order valence-corrected chi connectivity index (χ0v) is 11.4. The first-order valence-corrected chi connectivity index (χ1v) is 6.69. The molecule has 0 saturated carbocycles. The van der Waals surface area contributed by atoms with Gasteiger partial charge in [-0.2, -0.15) is 0 Å². The number of aryl methyl sites for hydroxylation is 1. The second kappa shape index (κ2) is 7.88. The van der Waals surface area contributed by atoms with E-state index in [1.807, 2.05) is 25.2 Å². The average molecular weight is 248 g/mol. The van der Waals surface area contributed by atoms with Crippen LogP contribution in [0.2, 0.25) is 0 Å². The molecule has 0 radical (unpaired) electrons. The molecule has 0 aliphatic heterocycles. The van der Waals surface area contributed by atoms with E-state index in [1.165, 1.54) is 5.56 Å². The van der Waals surface area contributed by atoms with Gasteiger partial charge in [-0.05, 0) is 24.8 Å². The summed E-state index contributed by atoms with van der Waals surface area (Å²) in [5, 5.41) is 0. The summed E-state index contributed by atoms with van der Waals surface area (Å²) in [6.07, 6.45) is 3.69. The minimum atomic E-state index is -0.382. The van der Waals surface area contributed by atoms with Gasteiger partial charge in [-0.3, -0.25) is 4.79 Å². The van der Waals surface area contributed by atoms with Crippen molar-refractivity contribution in [3.63, 3.8) is 0 Å². The Balaban J connectivity index is 2.35. The number of rotatable bonds is 7. The van der Waals surface area contributed by atoms with E-state index in [0.29, 0.717) is 6.42 Å². The lowest BCUT2D eigenvalue weighted by atomic mass is 10.0. The number of hydrogen-bond donors (Lipinski definition) is 1. The number of amides is 1. The Bertz CT molecular complexity index is 351. The van der Waals surface area contributed by atoms with Gasteiger partial charge in [0, 0.05) is 13.6 Å². The molecule has 0 aliphatic rings. The molecule has 2 N–H and O–H groups in total. The molecule has 0 aromatic heterocycles. The minimum absolute atomic E-state index is 0.0550. The van der Waals surface area contributed by atoms with Gasteiger partial charge in [-0.1, -0.05) is 43.7 Å². The summed E-state index contributed by atoms with van der Waals surface area (Å²) in [5.41, 5.74) is 7.18. The number of nitrogens with two attached hydrogens (primary N) is 1. The molecule has 3 nitrogen and oxygen atoms in total. The molecule has 0 bridgehead atoms. The normalized spacial score (nSPS) is 12.2. The second-order valence-corrected chi connectivity index (χ2v) is 4.74. The van der Waals surface area contributed by atoms with E-state index < -0.39 is 0 Å². The predicted molar refractivity (Wildman–Crippen MR) is 75.3 cm³/mol. The molecule has 0 heterocycles. The molecule has 0 spiro atoms. The van der Waals surface area contributed by atoms with Crippen LogP contribution in [0.5, 0.6) is 0 Å². The van der Waals surface area contributed by atoms with Crippen LogP contribution in [0.25, 0.3) is 0 Å². The van der Waals surface area contributed by atoms with Crippen molar-refractivity contribution in [2.75, 3.05) is 13.6 Å². The van der Waals surface area contributed by atoms with Crippen molar-refractivity contribution >= 4 is 5.91 Å². The fourth-order valence-corrected chi connectivity index (χ4v) is 1.88. The van der Waals surface area contributed by atoms with E-state index in [1.54, 1.807) is 4.90 Å². The molecule has 1 amide bonds. The molecule has 18 heavy (non-hydrogen) atoms. The van der Waals surface area contributed by atoms with E-state index in [4.69, 9.17) is 5.73 Å². The monoisotopic (exact) mass is 248 g/mol. The maximum absolute atomic E-state index is 12.0. The van der Waals surface area contributed by atoms with Crippen molar-refractivity contribution in [2.24, 2.45) is 5.73 Å². The third-order valence-corrected chi connectivity index (χ3v) is 3.13. The lowest BCUT2D eigenvalue weighted by Crippen LogP contribution is -2.42. The number of hydrogen-bond acceptors (Lipinski definition) is 2. The fraction of sp³-hybridized carbons (Fsp3) is 0.533. The van der Waals surface area contributed by atoms with Crippen LogP contribution >= 0.6 is 0 Å². The SMILES string of the molecule is CCCCN(C)C(=O)[C@@H](N)CCc1ccccc1. The summed E-state index contributed by atoms with van der Waals surface area (Å²) in [7, 11) is 1.83. The maximum atomic E-state index is 12.0. The zero-order chi connectivity index (χ0) is 13.4. The molecule has 100 valence electrons. The van der Waals surface area contributed by atoms with Gasteiger partial charge >= 0.3 is 0 Å². The van der Waals surface area contributed by atoms with E-state index in [9.17, 15) is 4.79 Å². The minimum Gasteiger partial charge on any atom is -0.344 e. The molecule has 1 aromatic carbocycles.